The quantitative estimate of drug-likeness (QED) is 0.823. The lowest BCUT2D eigenvalue weighted by Gasteiger charge is -2.32. The minimum atomic E-state index is -0.989. The van der Waals surface area contributed by atoms with Gasteiger partial charge in [-0.25, -0.2) is 4.79 Å². The number of carboxylic acid groups (broad SMARTS) is 1. The number of benzene rings is 1. The third-order valence-corrected chi connectivity index (χ3v) is 4.08. The Kier molecular flexibility index (Phi) is 3.56. The molecule has 5 nitrogen and oxygen atoms in total. The molecule has 108 valence electrons. The fraction of sp³-hybridized carbons (Fsp3) is 0.500. The molecule has 1 fully saturated rings. The van der Waals surface area contributed by atoms with Crippen LogP contribution in [0.5, 0.6) is 0 Å². The van der Waals surface area contributed by atoms with E-state index in [2.05, 4.69) is 5.32 Å². The van der Waals surface area contributed by atoms with Crippen molar-refractivity contribution in [2.75, 3.05) is 12.4 Å². The van der Waals surface area contributed by atoms with Crippen molar-refractivity contribution in [1.29, 1.82) is 0 Å². The van der Waals surface area contributed by atoms with Crippen molar-refractivity contribution in [3.63, 3.8) is 0 Å². The maximum Gasteiger partial charge on any atom is 0.495 e. The van der Waals surface area contributed by atoms with Crippen LogP contribution in [0.4, 0.5) is 5.69 Å². The Hall–Kier alpha value is -1.53. The maximum atomic E-state index is 11.4. The standard InChI is InChI=1S/C14H20BNO4/c1-13(2)14(3,4)20-15(19-13)11-8-9(16-5)6-7-10(11)12(17)18/h6-8,16H,1-5H3,(H,17,18). The van der Waals surface area contributed by atoms with E-state index in [0.29, 0.717) is 5.46 Å². The van der Waals surface area contributed by atoms with E-state index < -0.39 is 24.3 Å². The molecule has 0 amide bonds. The molecule has 0 spiro atoms. The first-order valence-corrected chi connectivity index (χ1v) is 6.58. The molecule has 0 aliphatic carbocycles. The second-order valence-electron chi connectivity index (χ2n) is 5.95. The van der Waals surface area contributed by atoms with Gasteiger partial charge in [0.25, 0.3) is 0 Å². The fourth-order valence-corrected chi connectivity index (χ4v) is 2.08. The summed E-state index contributed by atoms with van der Waals surface area (Å²) in [6.07, 6.45) is 0. The average Bonchev–Trinajstić information content (AvgIpc) is 2.57. The summed E-state index contributed by atoms with van der Waals surface area (Å²) in [5.41, 5.74) is 0.553. The predicted molar refractivity (Wildman–Crippen MR) is 78.7 cm³/mol. The molecular weight excluding hydrogens is 257 g/mol. The van der Waals surface area contributed by atoms with E-state index in [0.717, 1.165) is 5.69 Å². The van der Waals surface area contributed by atoms with Crippen molar-refractivity contribution in [1.82, 2.24) is 0 Å². The van der Waals surface area contributed by atoms with Crippen molar-refractivity contribution in [3.05, 3.63) is 23.8 Å². The third-order valence-electron chi connectivity index (χ3n) is 4.08. The first kappa shape index (κ1) is 14.9. The Balaban J connectivity index is 2.45. The second-order valence-corrected chi connectivity index (χ2v) is 5.95. The Bertz CT molecular complexity index is 526. The number of carbonyl (C=O) groups is 1. The van der Waals surface area contributed by atoms with Gasteiger partial charge in [-0.05, 0) is 51.4 Å². The molecule has 0 atom stereocenters. The first-order chi connectivity index (χ1) is 9.18. The summed E-state index contributed by atoms with van der Waals surface area (Å²) in [7, 11) is 1.10. The molecule has 2 rings (SSSR count). The van der Waals surface area contributed by atoms with E-state index in [1.54, 1.807) is 25.2 Å². The minimum Gasteiger partial charge on any atom is -0.478 e. The van der Waals surface area contributed by atoms with Crippen LogP contribution in [-0.4, -0.2) is 36.4 Å². The molecule has 1 aliphatic heterocycles. The molecular formula is C14H20BNO4. The summed E-state index contributed by atoms with van der Waals surface area (Å²) in [4.78, 5) is 11.4. The van der Waals surface area contributed by atoms with E-state index in [9.17, 15) is 9.90 Å². The lowest BCUT2D eigenvalue weighted by atomic mass is 9.75. The SMILES string of the molecule is CNc1ccc(C(=O)O)c(B2OC(C)(C)C(C)(C)O2)c1. The van der Waals surface area contributed by atoms with Gasteiger partial charge in [0.2, 0.25) is 0 Å². The molecule has 1 aliphatic rings. The molecule has 0 bridgehead atoms. The average molecular weight is 277 g/mol. The Morgan fingerprint density at radius 2 is 1.75 bits per heavy atom. The van der Waals surface area contributed by atoms with E-state index in [-0.39, 0.29) is 5.56 Å². The number of nitrogens with one attached hydrogen (secondary N) is 1. The largest absolute Gasteiger partial charge is 0.495 e. The van der Waals surface area contributed by atoms with E-state index in [1.165, 1.54) is 0 Å². The number of rotatable bonds is 3. The van der Waals surface area contributed by atoms with Crippen LogP contribution in [0.1, 0.15) is 38.1 Å². The highest BCUT2D eigenvalue weighted by Crippen LogP contribution is 2.36. The molecule has 20 heavy (non-hydrogen) atoms. The van der Waals surface area contributed by atoms with Crippen molar-refractivity contribution in [2.24, 2.45) is 0 Å². The van der Waals surface area contributed by atoms with Gasteiger partial charge in [-0.15, -0.1) is 0 Å². The van der Waals surface area contributed by atoms with E-state index in [4.69, 9.17) is 9.31 Å². The van der Waals surface area contributed by atoms with Crippen molar-refractivity contribution >= 4 is 24.2 Å². The van der Waals surface area contributed by atoms with E-state index in [1.807, 2.05) is 27.7 Å². The van der Waals surface area contributed by atoms with Gasteiger partial charge in [-0.3, -0.25) is 0 Å². The van der Waals surface area contributed by atoms with Gasteiger partial charge >= 0.3 is 13.1 Å². The van der Waals surface area contributed by atoms with Crippen LogP contribution in [0.15, 0.2) is 18.2 Å². The van der Waals surface area contributed by atoms with Crippen LogP contribution >= 0.6 is 0 Å². The molecule has 6 heteroatoms. The highest BCUT2D eigenvalue weighted by Gasteiger charge is 2.52. The summed E-state index contributed by atoms with van der Waals surface area (Å²) in [6.45, 7) is 7.76. The second kappa shape index (κ2) is 4.79. The predicted octanol–water partition coefficient (Wildman–Crippen LogP) is 1.73. The van der Waals surface area contributed by atoms with Crippen LogP contribution in [0.25, 0.3) is 0 Å². The Morgan fingerprint density at radius 3 is 2.20 bits per heavy atom. The molecule has 0 saturated carbocycles. The summed E-state index contributed by atoms with van der Waals surface area (Å²) < 4.78 is 11.9. The zero-order chi connectivity index (χ0) is 15.1. The minimum absolute atomic E-state index is 0.197. The van der Waals surface area contributed by atoms with E-state index >= 15 is 0 Å². The zero-order valence-corrected chi connectivity index (χ0v) is 12.5. The molecule has 0 aromatic heterocycles. The summed E-state index contributed by atoms with van der Waals surface area (Å²) in [5, 5.41) is 12.3. The number of carboxylic acids is 1. The maximum absolute atomic E-state index is 11.4. The van der Waals surface area contributed by atoms with Gasteiger partial charge in [0, 0.05) is 12.7 Å². The molecule has 1 aromatic carbocycles. The number of hydrogen-bond donors (Lipinski definition) is 2. The first-order valence-electron chi connectivity index (χ1n) is 6.58. The zero-order valence-electron chi connectivity index (χ0n) is 12.5. The molecule has 1 saturated heterocycles. The topological polar surface area (TPSA) is 67.8 Å². The molecule has 0 radical (unpaired) electrons. The molecule has 0 unspecified atom stereocenters. The summed E-state index contributed by atoms with van der Waals surface area (Å²) in [6, 6.07) is 5.04. The Morgan fingerprint density at radius 1 is 1.20 bits per heavy atom. The van der Waals surface area contributed by atoms with Crippen LogP contribution in [0.2, 0.25) is 0 Å². The van der Waals surface area contributed by atoms with Crippen LogP contribution < -0.4 is 10.8 Å². The van der Waals surface area contributed by atoms with Gasteiger partial charge in [0.1, 0.15) is 0 Å². The molecule has 2 N–H and O–H groups in total. The number of hydrogen-bond acceptors (Lipinski definition) is 4. The van der Waals surface area contributed by atoms with Crippen LogP contribution in [0.3, 0.4) is 0 Å². The van der Waals surface area contributed by atoms with Crippen molar-refractivity contribution in [3.8, 4) is 0 Å². The van der Waals surface area contributed by atoms with Crippen LogP contribution in [0, 0.1) is 0 Å². The third kappa shape index (κ3) is 2.41. The highest BCUT2D eigenvalue weighted by molar-refractivity contribution is 6.63. The summed E-state index contributed by atoms with van der Waals surface area (Å²) in [5.74, 6) is -0.989. The fourth-order valence-electron chi connectivity index (χ4n) is 2.08. The number of aromatic carboxylic acids is 1. The number of anilines is 1. The van der Waals surface area contributed by atoms with Gasteiger partial charge in [0.05, 0.1) is 16.8 Å². The lowest BCUT2D eigenvalue weighted by Crippen LogP contribution is -2.41. The monoisotopic (exact) mass is 277 g/mol. The smallest absolute Gasteiger partial charge is 0.478 e. The van der Waals surface area contributed by atoms with Crippen LogP contribution in [-0.2, 0) is 9.31 Å². The van der Waals surface area contributed by atoms with Gasteiger partial charge < -0.3 is 19.7 Å². The lowest BCUT2D eigenvalue weighted by molar-refractivity contribution is 0.00578. The van der Waals surface area contributed by atoms with Crippen molar-refractivity contribution < 1.29 is 19.2 Å². The van der Waals surface area contributed by atoms with Gasteiger partial charge in [0.15, 0.2) is 0 Å². The normalized spacial score (nSPS) is 19.9. The highest BCUT2D eigenvalue weighted by atomic mass is 16.7. The molecule has 1 heterocycles. The van der Waals surface area contributed by atoms with Crippen molar-refractivity contribution in [2.45, 2.75) is 38.9 Å². The van der Waals surface area contributed by atoms with Gasteiger partial charge in [-0.1, -0.05) is 0 Å². The van der Waals surface area contributed by atoms with Gasteiger partial charge in [-0.2, -0.15) is 0 Å². The summed E-state index contributed by atoms with van der Waals surface area (Å²) >= 11 is 0. The Labute approximate surface area is 119 Å². The molecule has 1 aromatic rings.